The molecular formula is C34H39N5O3. The Labute approximate surface area is 247 Å². The minimum atomic E-state index is -0.631. The third-order valence-electron chi connectivity index (χ3n) is 7.37. The van der Waals surface area contributed by atoms with Crippen molar-refractivity contribution < 1.29 is 14.3 Å². The zero-order chi connectivity index (χ0) is 29.7. The number of benzene rings is 3. The van der Waals surface area contributed by atoms with Gasteiger partial charge in [0, 0.05) is 37.0 Å². The van der Waals surface area contributed by atoms with Crippen molar-refractivity contribution in [2.45, 2.75) is 58.2 Å². The number of carbonyl (C=O) groups is 1. The highest BCUT2D eigenvalue weighted by Crippen LogP contribution is 2.30. The van der Waals surface area contributed by atoms with E-state index in [1.807, 2.05) is 57.3 Å². The Morgan fingerprint density at radius 1 is 0.929 bits per heavy atom. The fourth-order valence-corrected chi connectivity index (χ4v) is 5.14. The Kier molecular flexibility index (Phi) is 8.61. The smallest absolute Gasteiger partial charge is 0.410 e. The number of hydrogen-bond acceptors (Lipinski definition) is 5. The number of likely N-dealkylation sites (N-methyl/N-ethyl adjacent to an activating group) is 1. The summed E-state index contributed by atoms with van der Waals surface area (Å²) in [6.07, 6.45) is 3.69. The summed E-state index contributed by atoms with van der Waals surface area (Å²) in [6, 6.07) is 26.2. The lowest BCUT2D eigenvalue weighted by molar-refractivity contribution is 0.0209. The van der Waals surface area contributed by atoms with E-state index < -0.39 is 17.7 Å². The Bertz CT molecular complexity index is 1620. The molecule has 8 heteroatoms. The lowest BCUT2D eigenvalue weighted by Gasteiger charge is -2.30. The molecular weight excluding hydrogens is 526 g/mol. The summed E-state index contributed by atoms with van der Waals surface area (Å²) in [4.78, 5) is 18.5. The zero-order valence-electron chi connectivity index (χ0n) is 25.0. The third-order valence-corrected chi connectivity index (χ3v) is 7.37. The summed E-state index contributed by atoms with van der Waals surface area (Å²) in [7, 11) is 3.44. The molecule has 0 saturated heterocycles. The van der Waals surface area contributed by atoms with Crippen molar-refractivity contribution in [2.75, 3.05) is 14.2 Å². The maximum Gasteiger partial charge on any atom is 0.410 e. The van der Waals surface area contributed by atoms with Gasteiger partial charge in [-0.1, -0.05) is 60.7 Å². The van der Waals surface area contributed by atoms with E-state index in [-0.39, 0.29) is 0 Å². The minimum Gasteiger partial charge on any atom is -0.497 e. The average molecular weight is 566 g/mol. The van der Waals surface area contributed by atoms with Gasteiger partial charge in [-0.15, -0.1) is 10.2 Å². The van der Waals surface area contributed by atoms with Gasteiger partial charge in [0.05, 0.1) is 19.7 Å². The molecule has 8 nitrogen and oxygen atoms in total. The molecule has 1 amide bonds. The number of H-pyrrole nitrogens is 1. The van der Waals surface area contributed by atoms with Crippen LogP contribution in [0, 0.1) is 0 Å². The molecule has 0 spiro atoms. The van der Waals surface area contributed by atoms with E-state index >= 15 is 0 Å². The first-order valence-corrected chi connectivity index (χ1v) is 14.3. The number of carbonyl (C=O) groups excluding carboxylic acids is 1. The molecule has 0 fully saturated rings. The standard InChI is InChI=1S/C34H39N5O3/c1-34(2,3)42-33(40)38(4)30(21-26-22-35-29-14-10-9-13-28(26)29)32-37-36-31(20-17-24-11-7-6-8-12-24)39(32)23-25-15-18-27(41-5)19-16-25/h6-16,18-19,22,30,35H,17,20-21,23H2,1-5H3. The van der Waals surface area contributed by atoms with Crippen LogP contribution in [0.5, 0.6) is 5.75 Å². The summed E-state index contributed by atoms with van der Waals surface area (Å²) < 4.78 is 13.3. The number of hydrogen-bond donors (Lipinski definition) is 1. The molecule has 1 N–H and O–H groups in total. The van der Waals surface area contributed by atoms with E-state index in [2.05, 4.69) is 58.1 Å². The number of ether oxygens (including phenoxy) is 2. The SMILES string of the molecule is COc1ccc(Cn2c(CCc3ccccc3)nnc2C(Cc2c[nH]c3ccccc23)N(C)C(=O)OC(C)(C)C)cc1. The molecule has 218 valence electrons. The topological polar surface area (TPSA) is 85.3 Å². The van der Waals surface area contributed by atoms with Gasteiger partial charge in [-0.05, 0) is 62.1 Å². The highest BCUT2D eigenvalue weighted by Gasteiger charge is 2.32. The molecule has 3 aromatic carbocycles. The lowest BCUT2D eigenvalue weighted by atomic mass is 10.0. The summed E-state index contributed by atoms with van der Waals surface area (Å²) in [6.45, 7) is 6.19. The fourth-order valence-electron chi connectivity index (χ4n) is 5.14. The van der Waals surface area contributed by atoms with E-state index in [4.69, 9.17) is 19.7 Å². The maximum atomic E-state index is 13.4. The first-order chi connectivity index (χ1) is 20.2. The van der Waals surface area contributed by atoms with Gasteiger partial charge in [0.15, 0.2) is 5.82 Å². The van der Waals surface area contributed by atoms with Gasteiger partial charge in [0.1, 0.15) is 17.2 Å². The molecule has 0 saturated carbocycles. The van der Waals surface area contributed by atoms with Crippen LogP contribution >= 0.6 is 0 Å². The summed E-state index contributed by atoms with van der Waals surface area (Å²) in [5.41, 5.74) is 3.84. The predicted octanol–water partition coefficient (Wildman–Crippen LogP) is 6.75. The first kappa shape index (κ1) is 28.9. The minimum absolute atomic E-state index is 0.405. The molecule has 42 heavy (non-hydrogen) atoms. The number of nitrogens with zero attached hydrogens (tertiary/aromatic N) is 4. The summed E-state index contributed by atoms with van der Waals surface area (Å²) >= 11 is 0. The number of amides is 1. The first-order valence-electron chi connectivity index (χ1n) is 14.3. The van der Waals surface area contributed by atoms with Gasteiger partial charge in [0.2, 0.25) is 0 Å². The molecule has 5 rings (SSSR count). The van der Waals surface area contributed by atoms with E-state index in [0.29, 0.717) is 25.2 Å². The number of aromatic nitrogens is 4. The number of para-hydroxylation sites is 1. The molecule has 1 unspecified atom stereocenters. The van der Waals surface area contributed by atoms with Crippen LogP contribution in [0.2, 0.25) is 0 Å². The Balaban J connectivity index is 1.55. The summed E-state index contributed by atoms with van der Waals surface area (Å²) in [5.74, 6) is 2.38. The van der Waals surface area contributed by atoms with Crippen LogP contribution in [0.3, 0.4) is 0 Å². The quantitative estimate of drug-likeness (QED) is 0.202. The average Bonchev–Trinajstić information content (AvgIpc) is 3.58. The van der Waals surface area contributed by atoms with Crippen LogP contribution in [0.25, 0.3) is 10.9 Å². The lowest BCUT2D eigenvalue weighted by Crippen LogP contribution is -2.38. The van der Waals surface area contributed by atoms with Crippen molar-refractivity contribution in [2.24, 2.45) is 0 Å². The molecule has 0 aliphatic heterocycles. The van der Waals surface area contributed by atoms with Crippen LogP contribution in [0.1, 0.15) is 55.2 Å². The van der Waals surface area contributed by atoms with Gasteiger partial charge in [-0.2, -0.15) is 0 Å². The molecule has 2 aromatic heterocycles. The van der Waals surface area contributed by atoms with Crippen LogP contribution in [0.15, 0.2) is 85.1 Å². The predicted molar refractivity (Wildman–Crippen MR) is 165 cm³/mol. The number of rotatable bonds is 10. The second kappa shape index (κ2) is 12.5. The van der Waals surface area contributed by atoms with E-state index in [9.17, 15) is 4.79 Å². The number of nitrogens with one attached hydrogen (secondary N) is 1. The van der Waals surface area contributed by atoms with Crippen molar-refractivity contribution in [1.82, 2.24) is 24.6 Å². The van der Waals surface area contributed by atoms with Crippen molar-refractivity contribution in [3.05, 3.63) is 113 Å². The highest BCUT2D eigenvalue weighted by molar-refractivity contribution is 5.83. The molecule has 0 aliphatic rings. The Morgan fingerprint density at radius 2 is 1.64 bits per heavy atom. The second-order valence-electron chi connectivity index (χ2n) is 11.6. The molecule has 0 aliphatic carbocycles. The van der Waals surface area contributed by atoms with Crippen molar-refractivity contribution in [3.63, 3.8) is 0 Å². The highest BCUT2D eigenvalue weighted by atomic mass is 16.6. The van der Waals surface area contributed by atoms with Gasteiger partial charge >= 0.3 is 6.09 Å². The van der Waals surface area contributed by atoms with Gasteiger partial charge in [0.25, 0.3) is 0 Å². The van der Waals surface area contributed by atoms with Crippen molar-refractivity contribution in [3.8, 4) is 5.75 Å². The number of aryl methyl sites for hydroxylation is 2. The summed E-state index contributed by atoms with van der Waals surface area (Å²) in [5, 5.41) is 10.6. The van der Waals surface area contributed by atoms with E-state index in [0.717, 1.165) is 40.0 Å². The molecule has 5 aromatic rings. The van der Waals surface area contributed by atoms with Gasteiger partial charge in [-0.3, -0.25) is 0 Å². The molecule has 1 atom stereocenters. The number of fused-ring (bicyclic) bond motifs is 1. The molecule has 2 heterocycles. The third kappa shape index (κ3) is 6.82. The Hall–Kier alpha value is -4.59. The van der Waals surface area contributed by atoms with Crippen LogP contribution in [0.4, 0.5) is 4.79 Å². The second-order valence-corrected chi connectivity index (χ2v) is 11.6. The number of aromatic amines is 1. The fraction of sp³-hybridized carbons (Fsp3) is 0.324. The van der Waals surface area contributed by atoms with Gasteiger partial charge in [-0.25, -0.2) is 4.79 Å². The molecule has 0 bridgehead atoms. The molecule has 0 radical (unpaired) electrons. The van der Waals surface area contributed by atoms with Crippen LogP contribution in [-0.4, -0.2) is 50.5 Å². The van der Waals surface area contributed by atoms with Crippen molar-refractivity contribution >= 4 is 17.0 Å². The van der Waals surface area contributed by atoms with Crippen molar-refractivity contribution in [1.29, 1.82) is 0 Å². The normalized spacial score (nSPS) is 12.3. The van der Waals surface area contributed by atoms with Crippen LogP contribution < -0.4 is 4.74 Å². The van der Waals surface area contributed by atoms with E-state index in [1.54, 1.807) is 19.1 Å². The largest absolute Gasteiger partial charge is 0.497 e. The van der Waals surface area contributed by atoms with Crippen LogP contribution in [-0.2, 0) is 30.5 Å². The Morgan fingerprint density at radius 3 is 2.36 bits per heavy atom. The monoisotopic (exact) mass is 565 g/mol. The number of methoxy groups -OCH3 is 1. The maximum absolute atomic E-state index is 13.4. The van der Waals surface area contributed by atoms with Gasteiger partial charge < -0.3 is 23.9 Å². The zero-order valence-corrected chi connectivity index (χ0v) is 25.0. The van der Waals surface area contributed by atoms with E-state index in [1.165, 1.54) is 5.56 Å².